The van der Waals surface area contributed by atoms with Crippen LogP contribution in [0.25, 0.3) is 11.3 Å². The highest BCUT2D eigenvalue weighted by Crippen LogP contribution is 2.28. The molecule has 2 heterocycles. The van der Waals surface area contributed by atoms with Crippen LogP contribution in [-0.2, 0) is 14.8 Å². The lowest BCUT2D eigenvalue weighted by Gasteiger charge is -2.33. The molecule has 4 rings (SSSR count). The molecule has 2 aromatic rings. The summed E-state index contributed by atoms with van der Waals surface area (Å²) in [5.41, 5.74) is 1.51. The summed E-state index contributed by atoms with van der Waals surface area (Å²) in [5.74, 6) is 0.575. The van der Waals surface area contributed by atoms with Gasteiger partial charge in [-0.1, -0.05) is 12.1 Å². The van der Waals surface area contributed by atoms with Crippen molar-refractivity contribution in [2.75, 3.05) is 26.2 Å². The van der Waals surface area contributed by atoms with Crippen molar-refractivity contribution in [3.8, 4) is 11.3 Å². The van der Waals surface area contributed by atoms with Crippen molar-refractivity contribution in [2.24, 2.45) is 0 Å². The molecule has 1 aromatic carbocycles. The maximum Gasteiger partial charge on any atom is 0.240 e. The highest BCUT2D eigenvalue weighted by atomic mass is 32.2. The van der Waals surface area contributed by atoms with E-state index in [9.17, 15) is 8.42 Å². The van der Waals surface area contributed by atoms with Gasteiger partial charge in [0.25, 0.3) is 0 Å². The first-order chi connectivity index (χ1) is 12.5. The van der Waals surface area contributed by atoms with Crippen LogP contribution in [0.4, 0.5) is 0 Å². The molecule has 1 saturated heterocycles. The molecule has 0 amide bonds. The Morgan fingerprint density at radius 3 is 2.69 bits per heavy atom. The first-order valence-electron chi connectivity index (χ1n) is 8.89. The maximum atomic E-state index is 12.5. The van der Waals surface area contributed by atoms with Gasteiger partial charge in [0.05, 0.1) is 17.6 Å². The number of sulfonamides is 1. The summed E-state index contributed by atoms with van der Waals surface area (Å²) in [7, 11) is -3.57. The second-order valence-corrected chi connectivity index (χ2v) is 8.61. The molecule has 7 nitrogen and oxygen atoms in total. The zero-order valence-electron chi connectivity index (χ0n) is 14.7. The summed E-state index contributed by atoms with van der Waals surface area (Å²) in [6.45, 7) is 4.45. The van der Waals surface area contributed by atoms with Crippen molar-refractivity contribution in [2.45, 2.75) is 36.8 Å². The summed E-state index contributed by atoms with van der Waals surface area (Å²) < 4.78 is 38.7. The first kappa shape index (κ1) is 17.7. The average Bonchev–Trinajstić information content (AvgIpc) is 3.42. The summed E-state index contributed by atoms with van der Waals surface area (Å²) in [5, 5.41) is 0. The average molecular weight is 377 g/mol. The number of oxazole rings is 1. The number of nitrogens with zero attached hydrogens (tertiary/aromatic N) is 2. The molecule has 1 aliphatic carbocycles. The van der Waals surface area contributed by atoms with Gasteiger partial charge in [-0.15, -0.1) is 0 Å². The molecule has 1 atom stereocenters. The van der Waals surface area contributed by atoms with Gasteiger partial charge in [-0.2, -0.15) is 0 Å². The van der Waals surface area contributed by atoms with Crippen molar-refractivity contribution < 1.29 is 17.6 Å². The van der Waals surface area contributed by atoms with Crippen LogP contribution in [0.15, 0.2) is 39.8 Å². The lowest BCUT2D eigenvalue weighted by molar-refractivity contribution is -0.0277. The van der Waals surface area contributed by atoms with Crippen LogP contribution < -0.4 is 4.72 Å². The smallest absolute Gasteiger partial charge is 0.240 e. The largest absolute Gasteiger partial charge is 0.449 e. The lowest BCUT2D eigenvalue weighted by Crippen LogP contribution is -2.48. The minimum atomic E-state index is -3.57. The summed E-state index contributed by atoms with van der Waals surface area (Å²) in [6.07, 6.45) is 3.95. The van der Waals surface area contributed by atoms with E-state index < -0.39 is 10.0 Å². The third kappa shape index (κ3) is 3.98. The van der Waals surface area contributed by atoms with Crippen LogP contribution in [0.3, 0.4) is 0 Å². The van der Waals surface area contributed by atoms with E-state index in [1.54, 1.807) is 37.5 Å². The Bertz CT molecular complexity index is 859. The molecule has 1 saturated carbocycles. The molecule has 1 N–H and O–H groups in total. The van der Waals surface area contributed by atoms with Gasteiger partial charge in [-0.05, 0) is 25.0 Å². The van der Waals surface area contributed by atoms with Crippen molar-refractivity contribution >= 4 is 10.0 Å². The Morgan fingerprint density at radius 2 is 2.04 bits per heavy atom. The van der Waals surface area contributed by atoms with Gasteiger partial charge in [0.15, 0.2) is 5.89 Å². The number of hydrogen-bond donors (Lipinski definition) is 1. The molecule has 0 bridgehead atoms. The summed E-state index contributed by atoms with van der Waals surface area (Å²) in [6, 6.07) is 7.31. The molecule has 8 heteroatoms. The third-order valence-electron chi connectivity index (χ3n) is 4.81. The highest BCUT2D eigenvalue weighted by Gasteiger charge is 2.33. The second-order valence-electron chi connectivity index (χ2n) is 6.85. The van der Waals surface area contributed by atoms with E-state index in [-0.39, 0.29) is 17.5 Å². The van der Waals surface area contributed by atoms with E-state index in [4.69, 9.17) is 9.15 Å². The van der Waals surface area contributed by atoms with Gasteiger partial charge in [0, 0.05) is 38.2 Å². The Hall–Kier alpha value is -1.74. The Labute approximate surface area is 153 Å². The highest BCUT2D eigenvalue weighted by molar-refractivity contribution is 7.89. The Morgan fingerprint density at radius 1 is 1.27 bits per heavy atom. The molecule has 26 heavy (non-hydrogen) atoms. The van der Waals surface area contributed by atoms with Gasteiger partial charge >= 0.3 is 0 Å². The summed E-state index contributed by atoms with van der Waals surface area (Å²) in [4.78, 5) is 6.88. The van der Waals surface area contributed by atoms with Gasteiger partial charge in [-0.3, -0.25) is 4.90 Å². The van der Waals surface area contributed by atoms with Crippen LogP contribution in [0, 0.1) is 6.92 Å². The fourth-order valence-electron chi connectivity index (χ4n) is 3.22. The molecule has 2 aliphatic rings. The number of aromatic nitrogens is 1. The predicted molar refractivity (Wildman–Crippen MR) is 96.2 cm³/mol. The quantitative estimate of drug-likeness (QED) is 0.826. The van der Waals surface area contributed by atoms with Gasteiger partial charge in [0.2, 0.25) is 10.0 Å². The molecule has 2 fully saturated rings. The van der Waals surface area contributed by atoms with Crippen molar-refractivity contribution in [3.05, 3.63) is 36.4 Å². The van der Waals surface area contributed by atoms with Crippen LogP contribution in [0.2, 0.25) is 0 Å². The SMILES string of the molecule is Cc1nc(-c2ccc(S(=O)(=O)NC[C@@H]3CN(C4CC4)CCO3)cc2)co1. The maximum absolute atomic E-state index is 12.5. The zero-order chi connectivity index (χ0) is 18.1. The molecule has 1 aliphatic heterocycles. The van der Waals surface area contributed by atoms with E-state index in [1.807, 2.05) is 0 Å². The van der Waals surface area contributed by atoms with Gasteiger partial charge in [0.1, 0.15) is 12.0 Å². The van der Waals surface area contributed by atoms with Gasteiger partial charge in [-0.25, -0.2) is 18.1 Å². The lowest BCUT2D eigenvalue weighted by atomic mass is 10.2. The van der Waals surface area contributed by atoms with Crippen molar-refractivity contribution in [1.29, 1.82) is 0 Å². The van der Waals surface area contributed by atoms with Crippen LogP contribution >= 0.6 is 0 Å². The van der Waals surface area contributed by atoms with E-state index in [2.05, 4.69) is 14.6 Å². The zero-order valence-corrected chi connectivity index (χ0v) is 15.5. The number of nitrogens with one attached hydrogen (secondary N) is 1. The minimum absolute atomic E-state index is 0.100. The molecular weight excluding hydrogens is 354 g/mol. The summed E-state index contributed by atoms with van der Waals surface area (Å²) >= 11 is 0. The number of rotatable bonds is 6. The van der Waals surface area contributed by atoms with Crippen molar-refractivity contribution in [3.63, 3.8) is 0 Å². The second kappa shape index (κ2) is 7.11. The molecule has 0 radical (unpaired) electrons. The predicted octanol–water partition coefficient (Wildman–Crippen LogP) is 1.79. The number of hydrogen-bond acceptors (Lipinski definition) is 6. The van der Waals surface area contributed by atoms with E-state index in [0.717, 1.165) is 18.7 Å². The van der Waals surface area contributed by atoms with Crippen LogP contribution in [-0.4, -0.2) is 56.7 Å². The number of aryl methyl sites for hydroxylation is 1. The Kier molecular flexibility index (Phi) is 4.83. The molecular formula is C18H23N3O4S. The number of morpholine rings is 1. The fourth-order valence-corrected chi connectivity index (χ4v) is 4.29. The standard InChI is InChI=1S/C18H23N3O4S/c1-13-20-18(12-25-13)14-2-6-17(7-3-14)26(22,23)19-10-16-11-21(8-9-24-16)15-4-5-15/h2-3,6-7,12,15-16,19H,4-5,8-11H2,1H3/t16-/m1/s1. The van der Waals surface area contributed by atoms with E-state index in [1.165, 1.54) is 12.8 Å². The number of benzene rings is 1. The fraction of sp³-hybridized carbons (Fsp3) is 0.500. The normalized spacial score (nSPS) is 21.8. The van der Waals surface area contributed by atoms with Crippen molar-refractivity contribution in [1.82, 2.24) is 14.6 Å². The first-order valence-corrected chi connectivity index (χ1v) is 10.4. The van der Waals surface area contributed by atoms with E-state index in [0.29, 0.717) is 24.2 Å². The minimum Gasteiger partial charge on any atom is -0.449 e. The van der Waals surface area contributed by atoms with Crippen LogP contribution in [0.5, 0.6) is 0 Å². The van der Waals surface area contributed by atoms with Crippen LogP contribution in [0.1, 0.15) is 18.7 Å². The molecule has 0 spiro atoms. The molecule has 1 aromatic heterocycles. The topological polar surface area (TPSA) is 84.7 Å². The van der Waals surface area contributed by atoms with Gasteiger partial charge < -0.3 is 9.15 Å². The molecule has 0 unspecified atom stereocenters. The Balaban J connectivity index is 1.38. The van der Waals surface area contributed by atoms with E-state index >= 15 is 0 Å². The molecule has 140 valence electrons. The third-order valence-corrected chi connectivity index (χ3v) is 6.25. The monoisotopic (exact) mass is 377 g/mol. The number of ether oxygens (including phenoxy) is 1.